The maximum absolute atomic E-state index is 11.9. The van der Waals surface area contributed by atoms with Crippen LogP contribution in [0.2, 0.25) is 0 Å². The van der Waals surface area contributed by atoms with E-state index in [1.165, 1.54) is 64.2 Å². The third-order valence-corrected chi connectivity index (χ3v) is 7.27. The second kappa shape index (κ2) is 35.1. The Kier molecular flexibility index (Phi) is 33.2. The lowest BCUT2D eigenvalue weighted by Crippen LogP contribution is -2.25. The zero-order valence-corrected chi connectivity index (χ0v) is 28.4. The van der Waals surface area contributed by atoms with E-state index < -0.39 is 6.10 Å². The minimum atomic E-state index is -0.986. The molecule has 5 heteroatoms. The monoisotopic (exact) mass is 614 g/mol. The summed E-state index contributed by atoms with van der Waals surface area (Å²) in [5.41, 5.74) is 0. The van der Waals surface area contributed by atoms with Crippen LogP contribution in [0.15, 0.2) is 60.8 Å². The molecule has 0 aliphatic heterocycles. The number of allylic oxidation sites excluding steroid dienone is 10. The van der Waals surface area contributed by atoms with Crippen LogP contribution >= 0.6 is 0 Å². The third kappa shape index (κ3) is 34.1. The van der Waals surface area contributed by atoms with Crippen LogP contribution in [-0.2, 0) is 19.1 Å². The Balaban J connectivity index is 3.57. The van der Waals surface area contributed by atoms with E-state index >= 15 is 0 Å². The summed E-state index contributed by atoms with van der Waals surface area (Å²) in [5.74, 6) is -0.634. The molecule has 0 fully saturated rings. The van der Waals surface area contributed by atoms with E-state index in [0.717, 1.165) is 57.8 Å². The van der Waals surface area contributed by atoms with Gasteiger partial charge in [-0.25, -0.2) is 0 Å². The predicted octanol–water partition coefficient (Wildman–Crippen LogP) is 10.8. The Morgan fingerprint density at radius 2 is 0.864 bits per heavy atom. The average Bonchev–Trinajstić information content (AvgIpc) is 3.02. The quantitative estimate of drug-likeness (QED) is 0.0478. The average molecular weight is 615 g/mol. The molecule has 0 aromatic heterocycles. The lowest BCUT2D eigenvalue weighted by atomic mass is 10.0. The van der Waals surface area contributed by atoms with Gasteiger partial charge in [0.1, 0.15) is 19.3 Å². The summed E-state index contributed by atoms with van der Waals surface area (Å²) in [4.78, 5) is 23.8. The Morgan fingerprint density at radius 3 is 1.30 bits per heavy atom. The third-order valence-electron chi connectivity index (χ3n) is 7.27. The van der Waals surface area contributed by atoms with Crippen molar-refractivity contribution in [3.8, 4) is 0 Å². The Bertz CT molecular complexity index is 792. The molecule has 0 amide bonds. The van der Waals surface area contributed by atoms with E-state index in [1.54, 1.807) is 0 Å². The fourth-order valence-corrected chi connectivity index (χ4v) is 4.59. The van der Waals surface area contributed by atoms with Gasteiger partial charge in [-0.3, -0.25) is 9.59 Å². The molecule has 0 saturated carbocycles. The van der Waals surface area contributed by atoms with Gasteiger partial charge in [-0.1, -0.05) is 152 Å². The van der Waals surface area contributed by atoms with E-state index in [1.807, 2.05) is 0 Å². The Labute approximate surface area is 271 Å². The van der Waals surface area contributed by atoms with Gasteiger partial charge in [0.2, 0.25) is 0 Å². The van der Waals surface area contributed by atoms with Crippen molar-refractivity contribution in [2.75, 3.05) is 13.2 Å². The van der Waals surface area contributed by atoms with Gasteiger partial charge in [0.25, 0.3) is 0 Å². The lowest BCUT2D eigenvalue weighted by molar-refractivity contribution is -0.152. The first-order valence-corrected chi connectivity index (χ1v) is 17.8. The molecule has 5 nitrogen and oxygen atoms in total. The van der Waals surface area contributed by atoms with Crippen molar-refractivity contribution in [1.29, 1.82) is 0 Å². The second-order valence-electron chi connectivity index (χ2n) is 11.6. The number of carbonyl (C=O) groups excluding carboxylic acids is 2. The van der Waals surface area contributed by atoms with E-state index in [4.69, 9.17) is 9.47 Å². The molecule has 0 aromatic rings. The molecule has 0 aliphatic rings. The number of aliphatic hydroxyl groups excluding tert-OH is 1. The lowest BCUT2D eigenvalue weighted by Gasteiger charge is -2.12. The molecule has 0 heterocycles. The summed E-state index contributed by atoms with van der Waals surface area (Å²) in [6.07, 6.45) is 44.1. The van der Waals surface area contributed by atoms with Crippen molar-refractivity contribution in [2.24, 2.45) is 0 Å². The number of hydrogen-bond donors (Lipinski definition) is 1. The van der Waals surface area contributed by atoms with Crippen LogP contribution in [0.3, 0.4) is 0 Å². The van der Waals surface area contributed by atoms with Crippen molar-refractivity contribution < 1.29 is 24.2 Å². The number of carbonyl (C=O) groups is 2. The molecule has 0 aliphatic carbocycles. The van der Waals surface area contributed by atoms with Crippen LogP contribution in [0.1, 0.15) is 155 Å². The summed E-state index contributed by atoms with van der Waals surface area (Å²) in [7, 11) is 0. The molecule has 0 bridgehead atoms. The van der Waals surface area contributed by atoms with Crippen molar-refractivity contribution in [3.63, 3.8) is 0 Å². The molecule has 0 radical (unpaired) electrons. The van der Waals surface area contributed by atoms with Crippen LogP contribution < -0.4 is 0 Å². The van der Waals surface area contributed by atoms with Crippen LogP contribution in [0, 0.1) is 0 Å². The number of hydrogen-bond acceptors (Lipinski definition) is 5. The number of aliphatic hydroxyl groups is 1. The summed E-state index contributed by atoms with van der Waals surface area (Å²) < 4.78 is 10.3. The van der Waals surface area contributed by atoms with Gasteiger partial charge in [-0.15, -0.1) is 0 Å². The fraction of sp³-hybridized carbons (Fsp3) is 0.692. The van der Waals surface area contributed by atoms with E-state index in [0.29, 0.717) is 19.3 Å². The van der Waals surface area contributed by atoms with Crippen LogP contribution in [-0.4, -0.2) is 36.4 Å². The van der Waals surface area contributed by atoms with Crippen molar-refractivity contribution >= 4 is 11.9 Å². The van der Waals surface area contributed by atoms with Crippen LogP contribution in [0.25, 0.3) is 0 Å². The minimum absolute atomic E-state index is 0.134. The molecule has 252 valence electrons. The SMILES string of the molecule is CC/C=C\C/C=C\C/C=C\C/C=C\C/C=C\CCCC(=O)OC[C@H](O)COC(=O)CCCCCCCCCCCCCCC. The molecule has 0 rings (SSSR count). The number of rotatable bonds is 31. The summed E-state index contributed by atoms with van der Waals surface area (Å²) in [6.45, 7) is 4.12. The second-order valence-corrected chi connectivity index (χ2v) is 11.6. The summed E-state index contributed by atoms with van der Waals surface area (Å²) in [5, 5.41) is 9.97. The van der Waals surface area contributed by atoms with Gasteiger partial charge in [0.05, 0.1) is 0 Å². The van der Waals surface area contributed by atoms with Gasteiger partial charge in [0, 0.05) is 12.8 Å². The number of ether oxygens (including phenoxy) is 2. The first kappa shape index (κ1) is 41.6. The van der Waals surface area contributed by atoms with E-state index in [-0.39, 0.29) is 25.2 Å². The normalized spacial score (nSPS) is 12.9. The smallest absolute Gasteiger partial charge is 0.305 e. The zero-order valence-electron chi connectivity index (χ0n) is 28.4. The van der Waals surface area contributed by atoms with Gasteiger partial charge >= 0.3 is 11.9 Å². The highest BCUT2D eigenvalue weighted by atomic mass is 16.6. The topological polar surface area (TPSA) is 72.8 Å². The summed E-state index contributed by atoms with van der Waals surface area (Å²) >= 11 is 0. The number of esters is 2. The summed E-state index contributed by atoms with van der Waals surface area (Å²) in [6, 6.07) is 0. The van der Waals surface area contributed by atoms with Crippen LogP contribution in [0.4, 0.5) is 0 Å². The molecule has 0 spiro atoms. The maximum atomic E-state index is 11.9. The highest BCUT2D eigenvalue weighted by Crippen LogP contribution is 2.13. The van der Waals surface area contributed by atoms with Gasteiger partial charge in [-0.2, -0.15) is 0 Å². The molecular weight excluding hydrogens is 548 g/mol. The molecule has 0 unspecified atom stereocenters. The highest BCUT2D eigenvalue weighted by Gasteiger charge is 2.11. The largest absolute Gasteiger partial charge is 0.463 e. The van der Waals surface area contributed by atoms with Gasteiger partial charge < -0.3 is 14.6 Å². The highest BCUT2D eigenvalue weighted by molar-refractivity contribution is 5.69. The molecular formula is C39H66O5. The van der Waals surface area contributed by atoms with E-state index in [9.17, 15) is 14.7 Å². The van der Waals surface area contributed by atoms with Gasteiger partial charge in [0.15, 0.2) is 0 Å². The molecule has 0 saturated heterocycles. The predicted molar refractivity (Wildman–Crippen MR) is 187 cm³/mol. The van der Waals surface area contributed by atoms with Gasteiger partial charge in [-0.05, 0) is 51.4 Å². The minimum Gasteiger partial charge on any atom is -0.463 e. The first-order valence-electron chi connectivity index (χ1n) is 17.8. The van der Waals surface area contributed by atoms with Crippen molar-refractivity contribution in [1.82, 2.24) is 0 Å². The molecule has 44 heavy (non-hydrogen) atoms. The fourth-order valence-electron chi connectivity index (χ4n) is 4.59. The first-order chi connectivity index (χ1) is 21.6. The zero-order chi connectivity index (χ0) is 32.2. The van der Waals surface area contributed by atoms with Crippen molar-refractivity contribution in [3.05, 3.63) is 60.8 Å². The Morgan fingerprint density at radius 1 is 0.500 bits per heavy atom. The number of unbranched alkanes of at least 4 members (excludes halogenated alkanes) is 13. The molecule has 0 aromatic carbocycles. The molecule has 1 atom stereocenters. The van der Waals surface area contributed by atoms with Crippen molar-refractivity contribution in [2.45, 2.75) is 161 Å². The molecule has 1 N–H and O–H groups in total. The standard InChI is InChI=1S/C39H66O5/c1-3-5-7-9-11-13-15-17-18-19-20-22-24-26-28-30-32-34-39(42)44-36-37(40)35-43-38(41)33-31-29-27-25-23-21-16-14-12-10-8-6-4-2/h5,7,11,13,17-18,20,22,26,28,37,40H,3-4,6,8-10,12,14-16,19,21,23-25,27,29-36H2,1-2H3/b7-5-,13-11-,18-17-,22-20-,28-26-/t37-/m1/s1. The van der Waals surface area contributed by atoms with E-state index in [2.05, 4.69) is 74.6 Å². The Hall–Kier alpha value is -2.40. The van der Waals surface area contributed by atoms with Crippen LogP contribution in [0.5, 0.6) is 0 Å². The maximum Gasteiger partial charge on any atom is 0.305 e.